The summed E-state index contributed by atoms with van der Waals surface area (Å²) in [4.78, 5) is 45.5. The number of aliphatic carboxylic acids is 1. The van der Waals surface area contributed by atoms with Gasteiger partial charge in [0.1, 0.15) is 11.8 Å². The number of nitrogens with two attached hydrogens (primary N) is 1. The van der Waals surface area contributed by atoms with E-state index in [9.17, 15) is 24.3 Å². The molecule has 0 radical (unpaired) electrons. The minimum absolute atomic E-state index is 0.102. The van der Waals surface area contributed by atoms with E-state index in [0.29, 0.717) is 0 Å². The summed E-state index contributed by atoms with van der Waals surface area (Å²) in [5.74, 6) is -2.92. The van der Waals surface area contributed by atoms with Gasteiger partial charge in [0.15, 0.2) is 0 Å². The largest absolute Gasteiger partial charge is 0.508 e. The maximum Gasteiger partial charge on any atom is 0.325 e. The van der Waals surface area contributed by atoms with Crippen LogP contribution >= 0.6 is 0 Å². The van der Waals surface area contributed by atoms with Gasteiger partial charge in [-0.05, 0) is 31.0 Å². The second-order valence-corrected chi connectivity index (χ2v) is 5.60. The molecule has 26 heavy (non-hydrogen) atoms. The summed E-state index contributed by atoms with van der Waals surface area (Å²) in [7, 11) is 0. The first-order valence-electron chi connectivity index (χ1n) is 7.79. The number of carbonyl (C=O) groups is 4. The molecule has 10 heteroatoms. The third-order valence-corrected chi connectivity index (χ3v) is 3.35. The summed E-state index contributed by atoms with van der Waals surface area (Å²) in [6.07, 6.45) is 0.225. The lowest BCUT2D eigenvalue weighted by molar-refractivity contribution is -0.141. The number of hydrogen-bond acceptors (Lipinski definition) is 6. The van der Waals surface area contributed by atoms with Crippen molar-refractivity contribution in [3.63, 3.8) is 0 Å². The molecule has 1 aromatic carbocycles. The van der Waals surface area contributed by atoms with Gasteiger partial charge < -0.3 is 31.9 Å². The maximum absolute atomic E-state index is 11.9. The molecule has 0 bridgehead atoms. The Bertz CT molecular complexity index is 661. The van der Waals surface area contributed by atoms with Gasteiger partial charge >= 0.3 is 5.97 Å². The predicted octanol–water partition coefficient (Wildman–Crippen LogP) is -1.92. The molecule has 0 unspecified atom stereocenters. The van der Waals surface area contributed by atoms with Gasteiger partial charge in [0.2, 0.25) is 17.7 Å². The Hall–Kier alpha value is -3.14. The van der Waals surface area contributed by atoms with Crippen molar-refractivity contribution in [2.75, 3.05) is 13.1 Å². The van der Waals surface area contributed by atoms with E-state index in [0.717, 1.165) is 5.56 Å². The molecule has 0 saturated heterocycles. The molecule has 0 spiro atoms. The van der Waals surface area contributed by atoms with Crippen LogP contribution < -0.4 is 21.7 Å². The van der Waals surface area contributed by atoms with Crippen LogP contribution in [0.15, 0.2) is 24.3 Å². The molecule has 0 aliphatic rings. The number of nitrogens with one attached hydrogen (secondary N) is 3. The Balaban J connectivity index is 2.30. The molecule has 10 nitrogen and oxygen atoms in total. The quantitative estimate of drug-likeness (QED) is 0.296. The van der Waals surface area contributed by atoms with Crippen LogP contribution in [-0.4, -0.2) is 59.1 Å². The van der Waals surface area contributed by atoms with E-state index in [1.54, 1.807) is 12.1 Å². The van der Waals surface area contributed by atoms with Crippen molar-refractivity contribution in [1.82, 2.24) is 16.0 Å². The highest BCUT2D eigenvalue weighted by Crippen LogP contribution is 2.10. The number of carbonyl (C=O) groups excluding carboxylic acids is 3. The van der Waals surface area contributed by atoms with Crippen molar-refractivity contribution < 1.29 is 29.4 Å². The number of aromatic hydroxyl groups is 1. The van der Waals surface area contributed by atoms with Gasteiger partial charge in [-0.25, -0.2) is 0 Å². The average Bonchev–Trinajstić information content (AvgIpc) is 2.59. The van der Waals surface area contributed by atoms with Gasteiger partial charge in [0, 0.05) is 0 Å². The molecular weight excluding hydrogens is 344 g/mol. The standard InChI is InChI=1S/C16H22N4O6/c1-9(16(25)26)20-14(23)8-18-13(22)7-19-15(24)12(17)6-10-2-4-11(21)5-3-10/h2-5,9,12,21H,6-8,17H2,1H3,(H,18,22)(H,19,24)(H,20,23)(H,25,26)/t9-,12-/m0/s1. The third-order valence-electron chi connectivity index (χ3n) is 3.35. The van der Waals surface area contributed by atoms with Crippen LogP contribution in [-0.2, 0) is 25.6 Å². The van der Waals surface area contributed by atoms with E-state index in [1.165, 1.54) is 19.1 Å². The fourth-order valence-electron chi connectivity index (χ4n) is 1.87. The van der Waals surface area contributed by atoms with Crippen molar-refractivity contribution in [3.8, 4) is 5.75 Å². The number of carboxylic acid groups (broad SMARTS) is 1. The molecule has 142 valence electrons. The summed E-state index contributed by atoms with van der Waals surface area (Å²) >= 11 is 0. The van der Waals surface area contributed by atoms with Gasteiger partial charge in [-0.2, -0.15) is 0 Å². The second-order valence-electron chi connectivity index (χ2n) is 5.60. The number of amides is 3. The molecule has 0 aromatic heterocycles. The number of benzene rings is 1. The van der Waals surface area contributed by atoms with E-state index in [4.69, 9.17) is 10.8 Å². The molecule has 7 N–H and O–H groups in total. The number of rotatable bonds is 9. The Kier molecular flexibility index (Phi) is 8.03. The fourth-order valence-corrected chi connectivity index (χ4v) is 1.87. The van der Waals surface area contributed by atoms with Crippen molar-refractivity contribution >= 4 is 23.7 Å². The molecule has 0 fully saturated rings. The van der Waals surface area contributed by atoms with Crippen LogP contribution in [0.4, 0.5) is 0 Å². The highest BCUT2D eigenvalue weighted by atomic mass is 16.4. The van der Waals surface area contributed by atoms with E-state index < -0.39 is 42.3 Å². The van der Waals surface area contributed by atoms with Crippen LogP contribution in [0.3, 0.4) is 0 Å². The molecule has 2 atom stereocenters. The summed E-state index contributed by atoms with van der Waals surface area (Å²) < 4.78 is 0. The molecule has 0 aliphatic carbocycles. The molecule has 0 heterocycles. The molecule has 1 rings (SSSR count). The van der Waals surface area contributed by atoms with E-state index >= 15 is 0 Å². The first kappa shape index (κ1) is 20.9. The van der Waals surface area contributed by atoms with Gasteiger partial charge in [0.25, 0.3) is 0 Å². The SMILES string of the molecule is C[C@H](NC(=O)CNC(=O)CNC(=O)[C@@H](N)Cc1ccc(O)cc1)C(=O)O. The smallest absolute Gasteiger partial charge is 0.325 e. The Labute approximate surface area is 149 Å². The summed E-state index contributed by atoms with van der Waals surface area (Å²) in [6.45, 7) is 0.507. The molecule has 3 amide bonds. The van der Waals surface area contributed by atoms with E-state index in [2.05, 4.69) is 16.0 Å². The summed E-state index contributed by atoms with van der Waals surface area (Å²) in [6, 6.07) is 4.26. The third kappa shape index (κ3) is 7.62. The number of carboxylic acids is 1. The molecule has 0 aliphatic heterocycles. The lowest BCUT2D eigenvalue weighted by atomic mass is 10.1. The van der Waals surface area contributed by atoms with Crippen LogP contribution in [0.25, 0.3) is 0 Å². The van der Waals surface area contributed by atoms with Crippen molar-refractivity contribution in [2.45, 2.75) is 25.4 Å². The average molecular weight is 366 g/mol. The van der Waals surface area contributed by atoms with E-state index in [-0.39, 0.29) is 18.7 Å². The zero-order valence-corrected chi connectivity index (χ0v) is 14.2. The van der Waals surface area contributed by atoms with Crippen molar-refractivity contribution in [1.29, 1.82) is 0 Å². The highest BCUT2D eigenvalue weighted by molar-refractivity contribution is 5.90. The van der Waals surface area contributed by atoms with Crippen LogP contribution in [0, 0.1) is 0 Å². The van der Waals surface area contributed by atoms with Gasteiger partial charge in [-0.15, -0.1) is 0 Å². The highest BCUT2D eigenvalue weighted by Gasteiger charge is 2.16. The van der Waals surface area contributed by atoms with Gasteiger partial charge in [-0.3, -0.25) is 19.2 Å². The second kappa shape index (κ2) is 9.99. The van der Waals surface area contributed by atoms with Crippen molar-refractivity contribution in [3.05, 3.63) is 29.8 Å². The minimum atomic E-state index is -1.19. The zero-order valence-electron chi connectivity index (χ0n) is 14.2. The fraction of sp³-hybridized carbons (Fsp3) is 0.375. The Morgan fingerprint density at radius 3 is 2.19 bits per heavy atom. The van der Waals surface area contributed by atoms with Crippen LogP contribution in [0.5, 0.6) is 5.75 Å². The zero-order chi connectivity index (χ0) is 19.7. The molecule has 1 aromatic rings. The van der Waals surface area contributed by atoms with Crippen molar-refractivity contribution in [2.24, 2.45) is 5.73 Å². The molecule has 0 saturated carbocycles. The summed E-state index contributed by atoms with van der Waals surface area (Å²) in [5, 5.41) is 24.6. The monoisotopic (exact) mass is 366 g/mol. The lowest BCUT2D eigenvalue weighted by Gasteiger charge is -2.13. The van der Waals surface area contributed by atoms with E-state index in [1.807, 2.05) is 0 Å². The van der Waals surface area contributed by atoms with Crippen LogP contribution in [0.2, 0.25) is 0 Å². The topological polar surface area (TPSA) is 171 Å². The number of hydrogen-bond donors (Lipinski definition) is 6. The summed E-state index contributed by atoms with van der Waals surface area (Å²) in [5.41, 5.74) is 6.50. The van der Waals surface area contributed by atoms with Gasteiger partial charge in [0.05, 0.1) is 19.1 Å². The Morgan fingerprint density at radius 1 is 1.04 bits per heavy atom. The number of phenolic OH excluding ortho intramolecular Hbond substituents is 1. The predicted molar refractivity (Wildman–Crippen MR) is 91.0 cm³/mol. The maximum atomic E-state index is 11.9. The number of phenols is 1. The van der Waals surface area contributed by atoms with Crippen LogP contribution in [0.1, 0.15) is 12.5 Å². The first-order valence-corrected chi connectivity index (χ1v) is 7.79. The Morgan fingerprint density at radius 2 is 1.62 bits per heavy atom. The molecular formula is C16H22N4O6. The normalized spacial score (nSPS) is 12.5. The lowest BCUT2D eigenvalue weighted by Crippen LogP contribution is -2.48. The minimum Gasteiger partial charge on any atom is -0.508 e. The van der Waals surface area contributed by atoms with Gasteiger partial charge in [-0.1, -0.05) is 12.1 Å². The first-order chi connectivity index (χ1) is 12.2.